The van der Waals surface area contributed by atoms with Crippen LogP contribution in [0.1, 0.15) is 10.5 Å². The van der Waals surface area contributed by atoms with Crippen LogP contribution in [0.2, 0.25) is 0 Å². The summed E-state index contributed by atoms with van der Waals surface area (Å²) in [7, 11) is 0. The van der Waals surface area contributed by atoms with E-state index in [1.807, 2.05) is 24.4 Å². The van der Waals surface area contributed by atoms with Crippen LogP contribution in [0.4, 0.5) is 0 Å². The Morgan fingerprint density at radius 1 is 0.875 bits per heavy atom. The van der Waals surface area contributed by atoms with Gasteiger partial charge in [0.15, 0.2) is 0 Å². The molecule has 7 nitrogen and oxygen atoms in total. The molecule has 8 heteroatoms. The molecule has 5 aromatic heterocycles. The van der Waals surface area contributed by atoms with Crippen molar-refractivity contribution >= 4 is 38.8 Å². The largest absolute Gasteiger partial charge is 0.477 e. The van der Waals surface area contributed by atoms with E-state index in [9.17, 15) is 4.79 Å². The zero-order valence-electron chi connectivity index (χ0n) is 16.6. The second kappa shape index (κ2) is 9.09. The normalized spacial score (nSPS) is 10.5. The van der Waals surface area contributed by atoms with Crippen molar-refractivity contribution in [2.45, 2.75) is 0 Å². The third-order valence-corrected chi connectivity index (χ3v) is 4.90. The molecule has 0 atom stereocenters. The number of carboxylic acids is 1. The zero-order chi connectivity index (χ0) is 21.2. The summed E-state index contributed by atoms with van der Waals surface area (Å²) in [6.07, 6.45) is 6.85. The van der Waals surface area contributed by atoms with Crippen molar-refractivity contribution in [3.05, 3.63) is 97.2 Å². The van der Waals surface area contributed by atoms with E-state index in [-0.39, 0.29) is 25.8 Å². The Kier molecular flexibility index (Phi) is 6.07. The molecule has 5 heterocycles. The van der Waals surface area contributed by atoms with E-state index in [4.69, 9.17) is 10.1 Å². The third kappa shape index (κ3) is 3.89. The number of aromatic carboxylic acids is 1. The van der Waals surface area contributed by atoms with E-state index in [2.05, 4.69) is 49.9 Å². The fraction of sp³-hybridized carbons (Fsp3) is 0. The van der Waals surface area contributed by atoms with Crippen molar-refractivity contribution in [2.24, 2.45) is 0 Å². The maximum atomic E-state index is 10.1. The maximum Gasteiger partial charge on any atom is 0.354 e. The van der Waals surface area contributed by atoms with E-state index in [0.29, 0.717) is 0 Å². The Hall–Kier alpha value is -3.87. The molecule has 1 aromatic carbocycles. The third-order valence-electron chi connectivity index (χ3n) is 4.90. The summed E-state index contributed by atoms with van der Waals surface area (Å²) in [5, 5.41) is 11.7. The first kappa shape index (κ1) is 21.4. The number of nitrogens with zero attached hydrogens (tertiary/aromatic N) is 5. The van der Waals surface area contributed by atoms with Crippen molar-refractivity contribution in [1.29, 1.82) is 0 Å². The van der Waals surface area contributed by atoms with Gasteiger partial charge in [-0.2, -0.15) is 0 Å². The van der Waals surface area contributed by atoms with Gasteiger partial charge in [0, 0.05) is 50.3 Å². The summed E-state index contributed by atoms with van der Waals surface area (Å²) in [5.74, 6) is -0.108. The van der Waals surface area contributed by atoms with Gasteiger partial charge in [-0.25, -0.2) is 9.78 Å². The fourth-order valence-electron chi connectivity index (χ4n) is 3.54. The molecule has 6 rings (SSSR count). The van der Waals surface area contributed by atoms with E-state index >= 15 is 0 Å². The van der Waals surface area contributed by atoms with Gasteiger partial charge in [-0.3, -0.25) is 9.97 Å². The van der Waals surface area contributed by atoms with Crippen LogP contribution in [0.15, 0.2) is 91.5 Å². The summed E-state index contributed by atoms with van der Waals surface area (Å²) >= 11 is 0. The SMILES string of the molecule is O=C(O)c1ccccn1.[Ir].c1ccc2c(c1)c1cccnc1n2-c1cc2ccncc2[n-]1. The van der Waals surface area contributed by atoms with Crippen LogP contribution in [0.25, 0.3) is 38.7 Å². The van der Waals surface area contributed by atoms with E-state index in [0.717, 1.165) is 33.3 Å². The van der Waals surface area contributed by atoms with Crippen LogP contribution >= 0.6 is 0 Å². The number of fused-ring (bicyclic) bond motifs is 4. The summed E-state index contributed by atoms with van der Waals surface area (Å²) < 4.78 is 2.12. The summed E-state index contributed by atoms with van der Waals surface area (Å²) in [5.41, 5.74) is 3.03. The van der Waals surface area contributed by atoms with Crippen LogP contribution < -0.4 is 4.98 Å². The van der Waals surface area contributed by atoms with Gasteiger partial charge in [0.1, 0.15) is 5.69 Å². The number of hydrogen-bond acceptors (Lipinski definition) is 4. The Bertz CT molecular complexity index is 1440. The molecule has 0 fully saturated rings. The van der Waals surface area contributed by atoms with E-state index in [1.165, 1.54) is 17.6 Å². The quantitative estimate of drug-likeness (QED) is 0.316. The average Bonchev–Trinajstić information content (AvgIpc) is 3.39. The molecule has 32 heavy (non-hydrogen) atoms. The maximum absolute atomic E-state index is 10.1. The van der Waals surface area contributed by atoms with Crippen LogP contribution in [-0.4, -0.2) is 30.6 Å². The number of hydrogen-bond donors (Lipinski definition) is 1. The van der Waals surface area contributed by atoms with Gasteiger partial charge in [-0.05, 0) is 46.1 Å². The van der Waals surface area contributed by atoms with Crippen LogP contribution in [0.5, 0.6) is 0 Å². The minimum atomic E-state index is -0.990. The van der Waals surface area contributed by atoms with Gasteiger partial charge in [0.25, 0.3) is 0 Å². The molecule has 1 radical (unpaired) electrons. The van der Waals surface area contributed by atoms with Crippen molar-refractivity contribution in [3.63, 3.8) is 0 Å². The Balaban J connectivity index is 0.000000209. The zero-order valence-corrected chi connectivity index (χ0v) is 19.0. The number of aromatic nitrogens is 5. The minimum absolute atomic E-state index is 0. The molecular formula is C24H16IrN5O2-. The molecule has 159 valence electrons. The van der Waals surface area contributed by atoms with Gasteiger partial charge in [0.2, 0.25) is 0 Å². The summed E-state index contributed by atoms with van der Waals surface area (Å²) in [6, 6.07) is 21.2. The first-order chi connectivity index (χ1) is 15.2. The molecule has 0 aliphatic rings. The molecule has 0 aliphatic heterocycles. The predicted molar refractivity (Wildman–Crippen MR) is 118 cm³/mol. The first-order valence-electron chi connectivity index (χ1n) is 9.59. The molecule has 6 aromatic rings. The molecule has 0 saturated carbocycles. The monoisotopic (exact) mass is 599 g/mol. The Labute approximate surface area is 196 Å². The fourth-order valence-corrected chi connectivity index (χ4v) is 3.54. The second-order valence-corrected chi connectivity index (χ2v) is 6.80. The van der Waals surface area contributed by atoms with Gasteiger partial charge in [-0.15, -0.1) is 0 Å². The molecular weight excluding hydrogens is 583 g/mol. The van der Waals surface area contributed by atoms with Crippen molar-refractivity contribution in [2.75, 3.05) is 0 Å². The number of carbonyl (C=O) groups is 1. The first-order valence-corrected chi connectivity index (χ1v) is 9.59. The number of benzene rings is 1. The molecule has 0 amide bonds. The topological polar surface area (TPSA) is 95.0 Å². The number of para-hydroxylation sites is 1. The van der Waals surface area contributed by atoms with Crippen LogP contribution in [-0.2, 0) is 20.1 Å². The molecule has 0 saturated heterocycles. The van der Waals surface area contributed by atoms with Crippen LogP contribution in [0.3, 0.4) is 0 Å². The number of rotatable bonds is 2. The van der Waals surface area contributed by atoms with Crippen molar-refractivity contribution in [1.82, 2.24) is 24.5 Å². The smallest absolute Gasteiger partial charge is 0.354 e. The molecule has 0 bridgehead atoms. The summed E-state index contributed by atoms with van der Waals surface area (Å²) in [4.78, 5) is 27.2. The van der Waals surface area contributed by atoms with E-state index < -0.39 is 5.97 Å². The van der Waals surface area contributed by atoms with Gasteiger partial charge in [0.05, 0.1) is 5.65 Å². The Morgan fingerprint density at radius 2 is 1.66 bits per heavy atom. The van der Waals surface area contributed by atoms with Gasteiger partial charge >= 0.3 is 5.97 Å². The molecule has 1 N–H and O–H groups in total. The molecule has 0 aliphatic carbocycles. The second-order valence-electron chi connectivity index (χ2n) is 6.80. The van der Waals surface area contributed by atoms with Gasteiger partial charge < -0.3 is 14.7 Å². The predicted octanol–water partition coefficient (Wildman–Crippen LogP) is 4.46. The van der Waals surface area contributed by atoms with Crippen molar-refractivity contribution < 1.29 is 30.0 Å². The van der Waals surface area contributed by atoms with Gasteiger partial charge in [-0.1, -0.05) is 48.3 Å². The standard InChI is InChI=1S/C18H11N4.C6H5NO2.Ir/c1-2-6-16-13(4-1)14-5-3-8-20-18(14)22(16)17-10-12-7-9-19-11-15(12)21-17;8-6(9)5-3-1-2-4-7-5;/h1-11H;1-4H,(H,8,9);/q-1;;. The van der Waals surface area contributed by atoms with Crippen LogP contribution in [0, 0.1) is 0 Å². The molecule has 0 unspecified atom stereocenters. The summed E-state index contributed by atoms with van der Waals surface area (Å²) in [6.45, 7) is 0. The minimum Gasteiger partial charge on any atom is -0.477 e. The van der Waals surface area contributed by atoms with Crippen molar-refractivity contribution in [3.8, 4) is 5.82 Å². The number of pyridine rings is 3. The van der Waals surface area contributed by atoms with E-state index in [1.54, 1.807) is 24.5 Å². The Morgan fingerprint density at radius 3 is 2.41 bits per heavy atom. The molecule has 0 spiro atoms. The average molecular weight is 599 g/mol. The number of carboxylic acid groups (broad SMARTS) is 1.